The number of allylic oxidation sites excluding steroid dienone is 1. The van der Waals surface area contributed by atoms with Gasteiger partial charge in [0.2, 0.25) is 5.78 Å². The van der Waals surface area contributed by atoms with Gasteiger partial charge in [-0.2, -0.15) is 0 Å². The first kappa shape index (κ1) is 14.5. The van der Waals surface area contributed by atoms with Gasteiger partial charge in [0.05, 0.1) is 4.91 Å². The molecule has 1 aliphatic heterocycles. The van der Waals surface area contributed by atoms with Crippen molar-refractivity contribution >= 4 is 39.6 Å². The minimum absolute atomic E-state index is 0.0597. The van der Waals surface area contributed by atoms with E-state index >= 15 is 0 Å². The lowest BCUT2D eigenvalue weighted by Gasteiger charge is -1.99. The van der Waals surface area contributed by atoms with Gasteiger partial charge in [-0.3, -0.25) is 4.79 Å². The summed E-state index contributed by atoms with van der Waals surface area (Å²) in [5, 5.41) is 0. The molecule has 0 aliphatic carbocycles. The molecule has 0 atom stereocenters. The summed E-state index contributed by atoms with van der Waals surface area (Å²) >= 11 is 5.02. The third-order valence-electron chi connectivity index (χ3n) is 3.61. The second-order valence-electron chi connectivity index (χ2n) is 5.12. The average Bonchev–Trinajstić information content (AvgIpc) is 3.14. The van der Waals surface area contributed by atoms with Crippen LogP contribution < -0.4 is 0 Å². The number of fused-ring (bicyclic) bond motifs is 1. The van der Waals surface area contributed by atoms with Crippen LogP contribution in [0, 0.1) is 0 Å². The number of hydrogen-bond acceptors (Lipinski definition) is 3. The third kappa shape index (κ3) is 2.69. The normalized spacial score (nSPS) is 15.2. The van der Waals surface area contributed by atoms with Crippen molar-refractivity contribution in [2.45, 2.75) is 4.90 Å². The number of hydrogen-bond donors (Lipinski definition) is 0. The van der Waals surface area contributed by atoms with Crippen molar-refractivity contribution in [3.63, 3.8) is 0 Å². The Hall–Kier alpha value is -2.04. The summed E-state index contributed by atoms with van der Waals surface area (Å²) in [4.78, 5) is 14.1. The largest absolute Gasteiger partial charge is 0.457 e. The van der Waals surface area contributed by atoms with Gasteiger partial charge in [0.15, 0.2) is 0 Å². The maximum Gasteiger partial charge on any atom is 0.200 e. The van der Waals surface area contributed by atoms with Gasteiger partial charge in [0, 0.05) is 20.5 Å². The minimum Gasteiger partial charge on any atom is -0.457 e. The molecule has 1 aliphatic rings. The zero-order valence-corrected chi connectivity index (χ0v) is 14.4. The molecule has 3 aromatic rings. The first-order valence-electron chi connectivity index (χ1n) is 7.10. The number of carbonyl (C=O) groups excluding carboxylic acids is 1. The van der Waals surface area contributed by atoms with Gasteiger partial charge in [-0.25, -0.2) is 0 Å². The van der Waals surface area contributed by atoms with Crippen LogP contribution in [0.25, 0.3) is 17.4 Å². The molecule has 112 valence electrons. The molecular formula is C19H11BrO2S. The molecule has 0 unspecified atom stereocenters. The molecule has 4 heteroatoms. The number of ketones is 1. The molecule has 0 radical (unpaired) electrons. The molecule has 0 amide bonds. The molecule has 2 nitrogen and oxygen atoms in total. The predicted molar refractivity (Wildman–Crippen MR) is 96.5 cm³/mol. The molecule has 0 spiro atoms. The predicted octanol–water partition coefficient (Wildman–Crippen LogP) is 6.04. The molecular weight excluding hydrogens is 372 g/mol. The van der Waals surface area contributed by atoms with E-state index in [0.29, 0.717) is 10.7 Å². The Morgan fingerprint density at radius 1 is 0.913 bits per heavy atom. The van der Waals surface area contributed by atoms with E-state index in [0.717, 1.165) is 26.3 Å². The van der Waals surface area contributed by atoms with Gasteiger partial charge < -0.3 is 4.42 Å². The van der Waals surface area contributed by atoms with Crippen LogP contribution in [0.5, 0.6) is 0 Å². The first-order chi connectivity index (χ1) is 11.2. The maximum atomic E-state index is 12.4. The van der Waals surface area contributed by atoms with E-state index in [1.54, 1.807) is 0 Å². The van der Waals surface area contributed by atoms with Crippen LogP contribution in [0.2, 0.25) is 0 Å². The average molecular weight is 383 g/mol. The van der Waals surface area contributed by atoms with Gasteiger partial charge in [-0.15, -0.1) is 0 Å². The van der Waals surface area contributed by atoms with E-state index in [1.165, 1.54) is 11.8 Å². The van der Waals surface area contributed by atoms with E-state index < -0.39 is 0 Å². The van der Waals surface area contributed by atoms with Gasteiger partial charge in [-0.1, -0.05) is 58.0 Å². The van der Waals surface area contributed by atoms with Crippen molar-refractivity contribution in [3.8, 4) is 11.3 Å². The number of thioether (sulfide) groups is 1. The van der Waals surface area contributed by atoms with Crippen LogP contribution in [0.4, 0.5) is 0 Å². The molecule has 0 fully saturated rings. The number of benzene rings is 2. The molecule has 23 heavy (non-hydrogen) atoms. The second-order valence-corrected chi connectivity index (χ2v) is 7.06. The number of carbonyl (C=O) groups is 1. The molecule has 0 N–H and O–H groups in total. The molecule has 4 rings (SSSR count). The lowest BCUT2D eigenvalue weighted by Crippen LogP contribution is -1.93. The summed E-state index contributed by atoms with van der Waals surface area (Å²) in [6, 6.07) is 19.4. The highest BCUT2D eigenvalue weighted by molar-refractivity contribution is 9.10. The maximum absolute atomic E-state index is 12.4. The molecule has 2 aromatic carbocycles. The number of halogens is 1. The number of furan rings is 1. The van der Waals surface area contributed by atoms with Crippen LogP contribution in [0.15, 0.2) is 79.4 Å². The monoisotopic (exact) mass is 382 g/mol. The molecule has 0 saturated carbocycles. The van der Waals surface area contributed by atoms with E-state index in [1.807, 2.05) is 66.7 Å². The summed E-state index contributed by atoms with van der Waals surface area (Å²) < 4.78 is 6.87. The summed E-state index contributed by atoms with van der Waals surface area (Å²) in [6.07, 6.45) is 1.81. The fourth-order valence-corrected chi connectivity index (χ4v) is 4.01. The highest BCUT2D eigenvalue weighted by Crippen LogP contribution is 2.41. The smallest absolute Gasteiger partial charge is 0.200 e. The zero-order valence-electron chi connectivity index (χ0n) is 12.0. The zero-order chi connectivity index (χ0) is 15.8. The summed E-state index contributed by atoms with van der Waals surface area (Å²) in [6.45, 7) is 0. The van der Waals surface area contributed by atoms with Crippen LogP contribution >= 0.6 is 27.7 Å². The Balaban J connectivity index is 1.67. The number of Topliss-reactive ketones (excluding diaryl/α,β-unsaturated/α-hetero) is 1. The van der Waals surface area contributed by atoms with Crippen molar-refractivity contribution in [1.29, 1.82) is 0 Å². The lowest BCUT2D eigenvalue weighted by atomic mass is 10.1. The SMILES string of the molecule is O=C1/C(=C/c2ccc(-c3ccccc3Br)o2)Sc2ccccc21. The topological polar surface area (TPSA) is 30.2 Å². The molecule has 0 saturated heterocycles. The summed E-state index contributed by atoms with van der Waals surface area (Å²) in [5.74, 6) is 1.51. The van der Waals surface area contributed by atoms with Crippen LogP contribution in [0.1, 0.15) is 16.1 Å². The third-order valence-corrected chi connectivity index (χ3v) is 5.41. The first-order valence-corrected chi connectivity index (χ1v) is 8.71. The van der Waals surface area contributed by atoms with Crippen molar-refractivity contribution in [2.24, 2.45) is 0 Å². The Labute approximate surface area is 146 Å². The van der Waals surface area contributed by atoms with Crippen molar-refractivity contribution < 1.29 is 9.21 Å². The quantitative estimate of drug-likeness (QED) is 0.506. The Kier molecular flexibility index (Phi) is 3.71. The van der Waals surface area contributed by atoms with Crippen molar-refractivity contribution in [1.82, 2.24) is 0 Å². The molecule has 0 bridgehead atoms. The Morgan fingerprint density at radius 3 is 2.43 bits per heavy atom. The van der Waals surface area contributed by atoms with Crippen LogP contribution in [-0.2, 0) is 0 Å². The van der Waals surface area contributed by atoms with Gasteiger partial charge in [0.1, 0.15) is 11.5 Å². The highest BCUT2D eigenvalue weighted by atomic mass is 79.9. The fraction of sp³-hybridized carbons (Fsp3) is 0. The second kappa shape index (κ2) is 5.87. The van der Waals surface area contributed by atoms with Crippen LogP contribution in [0.3, 0.4) is 0 Å². The van der Waals surface area contributed by atoms with E-state index in [4.69, 9.17) is 4.42 Å². The van der Waals surface area contributed by atoms with Crippen molar-refractivity contribution in [3.05, 3.63) is 81.4 Å². The van der Waals surface area contributed by atoms with Crippen LogP contribution in [-0.4, -0.2) is 5.78 Å². The Morgan fingerprint density at radius 2 is 1.65 bits per heavy atom. The van der Waals surface area contributed by atoms with Crippen molar-refractivity contribution in [2.75, 3.05) is 0 Å². The van der Waals surface area contributed by atoms with Gasteiger partial charge >= 0.3 is 0 Å². The lowest BCUT2D eigenvalue weighted by molar-refractivity contribution is 0.104. The standard InChI is InChI=1S/C19H11BrO2S/c20-15-7-3-1-5-13(15)16-10-9-12(22-16)11-18-19(21)14-6-2-4-8-17(14)23-18/h1-11H/b18-11-. The van der Waals surface area contributed by atoms with E-state index in [9.17, 15) is 4.79 Å². The molecule has 1 aromatic heterocycles. The molecule has 2 heterocycles. The van der Waals surface area contributed by atoms with E-state index in [-0.39, 0.29) is 5.78 Å². The Bertz CT molecular complexity index is 940. The van der Waals surface area contributed by atoms with E-state index in [2.05, 4.69) is 15.9 Å². The minimum atomic E-state index is 0.0597. The van der Waals surface area contributed by atoms with Gasteiger partial charge in [-0.05, 0) is 36.4 Å². The fourth-order valence-electron chi connectivity index (χ4n) is 2.50. The highest BCUT2D eigenvalue weighted by Gasteiger charge is 2.25. The summed E-state index contributed by atoms with van der Waals surface area (Å²) in [7, 11) is 0. The summed E-state index contributed by atoms with van der Waals surface area (Å²) in [5.41, 5.74) is 1.76. The number of rotatable bonds is 2. The van der Waals surface area contributed by atoms with Gasteiger partial charge in [0.25, 0.3) is 0 Å².